The van der Waals surface area contributed by atoms with Gasteiger partial charge in [0.25, 0.3) is 0 Å². The Kier molecular flexibility index (Phi) is 2.31. The summed E-state index contributed by atoms with van der Waals surface area (Å²) in [6.07, 6.45) is 2.56. The van der Waals surface area contributed by atoms with Gasteiger partial charge in [-0.2, -0.15) is 0 Å². The molecule has 68 valence electrons. The summed E-state index contributed by atoms with van der Waals surface area (Å²) >= 11 is 3.36. The van der Waals surface area contributed by atoms with Crippen molar-refractivity contribution in [2.75, 3.05) is 6.54 Å². The summed E-state index contributed by atoms with van der Waals surface area (Å²) in [5, 5.41) is 2.79. The highest BCUT2D eigenvalue weighted by molar-refractivity contribution is 9.10. The minimum atomic E-state index is -0.0579. The molecule has 1 N–H and O–H groups in total. The van der Waals surface area contributed by atoms with E-state index in [1.807, 2.05) is 12.1 Å². The van der Waals surface area contributed by atoms with Gasteiger partial charge in [-0.05, 0) is 18.6 Å². The van der Waals surface area contributed by atoms with Gasteiger partial charge in [-0.25, -0.2) is 0 Å². The molecule has 4 heteroatoms. The van der Waals surface area contributed by atoms with Crippen LogP contribution in [0.5, 0.6) is 0 Å². The Morgan fingerprint density at radius 3 is 3.08 bits per heavy atom. The molecule has 0 aliphatic carbocycles. The zero-order chi connectivity index (χ0) is 9.26. The zero-order valence-electron chi connectivity index (χ0n) is 6.96. The molecule has 1 aromatic rings. The molecule has 2 rings (SSSR count). The van der Waals surface area contributed by atoms with Gasteiger partial charge in [0.05, 0.1) is 11.6 Å². The van der Waals surface area contributed by atoms with Crippen LogP contribution in [0.15, 0.2) is 22.8 Å². The van der Waals surface area contributed by atoms with Crippen molar-refractivity contribution in [1.82, 2.24) is 10.3 Å². The smallest absolute Gasteiger partial charge is 0.229 e. The number of nitrogens with zero attached hydrogens (tertiary/aromatic N) is 1. The van der Waals surface area contributed by atoms with Crippen molar-refractivity contribution in [2.24, 2.45) is 0 Å². The third kappa shape index (κ3) is 1.72. The summed E-state index contributed by atoms with van der Waals surface area (Å²) < 4.78 is 0.970. The van der Waals surface area contributed by atoms with Crippen LogP contribution in [-0.2, 0) is 4.79 Å². The zero-order valence-corrected chi connectivity index (χ0v) is 8.54. The number of carbonyl (C=O) groups is 1. The molecule has 13 heavy (non-hydrogen) atoms. The molecule has 0 spiro atoms. The molecule has 1 saturated heterocycles. The molecule has 0 saturated carbocycles. The van der Waals surface area contributed by atoms with Crippen LogP contribution in [0, 0.1) is 0 Å². The van der Waals surface area contributed by atoms with Crippen LogP contribution < -0.4 is 5.32 Å². The molecule has 1 unspecified atom stereocenters. The normalized spacial score (nSPS) is 21.6. The number of aromatic nitrogens is 1. The Morgan fingerprint density at radius 1 is 1.62 bits per heavy atom. The van der Waals surface area contributed by atoms with Gasteiger partial charge in [0.1, 0.15) is 0 Å². The van der Waals surface area contributed by atoms with Crippen molar-refractivity contribution in [3.8, 4) is 0 Å². The first kappa shape index (κ1) is 8.69. The van der Waals surface area contributed by atoms with E-state index in [0.717, 1.165) is 23.1 Å². The Bertz CT molecular complexity index is 340. The van der Waals surface area contributed by atoms with Crippen LogP contribution in [0.2, 0.25) is 0 Å². The van der Waals surface area contributed by atoms with E-state index >= 15 is 0 Å². The largest absolute Gasteiger partial charge is 0.355 e. The Hall–Kier alpha value is -0.900. The molecule has 2 heterocycles. The minimum absolute atomic E-state index is 0.0579. The fourth-order valence-electron chi connectivity index (χ4n) is 1.49. The van der Waals surface area contributed by atoms with E-state index < -0.39 is 0 Å². The molecule has 1 amide bonds. The van der Waals surface area contributed by atoms with Crippen LogP contribution in [-0.4, -0.2) is 17.4 Å². The summed E-state index contributed by atoms with van der Waals surface area (Å²) in [7, 11) is 0. The number of nitrogens with one attached hydrogen (secondary N) is 1. The third-order valence-corrected chi connectivity index (χ3v) is 2.64. The first-order valence-corrected chi connectivity index (χ1v) is 4.96. The summed E-state index contributed by atoms with van der Waals surface area (Å²) in [6, 6.07) is 3.76. The topological polar surface area (TPSA) is 42.0 Å². The van der Waals surface area contributed by atoms with Crippen molar-refractivity contribution in [1.29, 1.82) is 0 Å². The van der Waals surface area contributed by atoms with Crippen molar-refractivity contribution in [2.45, 2.75) is 12.3 Å². The summed E-state index contributed by atoms with van der Waals surface area (Å²) in [5.41, 5.74) is 0.851. The van der Waals surface area contributed by atoms with Gasteiger partial charge < -0.3 is 5.32 Å². The fraction of sp³-hybridized carbons (Fsp3) is 0.333. The first-order valence-electron chi connectivity index (χ1n) is 4.16. The lowest BCUT2D eigenvalue weighted by Gasteiger charge is -2.05. The lowest BCUT2D eigenvalue weighted by atomic mass is 10.0. The van der Waals surface area contributed by atoms with Crippen LogP contribution >= 0.6 is 15.9 Å². The Balaban J connectivity index is 2.29. The third-order valence-electron chi connectivity index (χ3n) is 2.15. The second-order valence-electron chi connectivity index (χ2n) is 3.03. The monoisotopic (exact) mass is 240 g/mol. The van der Waals surface area contributed by atoms with E-state index in [9.17, 15) is 4.79 Å². The van der Waals surface area contributed by atoms with Crippen molar-refractivity contribution >= 4 is 21.8 Å². The number of amides is 1. The highest BCUT2D eigenvalue weighted by Gasteiger charge is 2.26. The first-order chi connectivity index (χ1) is 6.27. The van der Waals surface area contributed by atoms with Gasteiger partial charge in [-0.1, -0.05) is 15.9 Å². The number of carbonyl (C=O) groups excluding carboxylic acids is 1. The van der Waals surface area contributed by atoms with Gasteiger partial charge in [-0.3, -0.25) is 9.78 Å². The standard InChI is InChI=1S/C9H9BrN2O/c10-6-1-3-11-8(5-6)7-2-4-12-9(7)13/h1,3,5,7H,2,4H2,(H,12,13). The second-order valence-corrected chi connectivity index (χ2v) is 3.95. The van der Waals surface area contributed by atoms with Crippen LogP contribution in [0.25, 0.3) is 0 Å². The molecule has 1 aliphatic heterocycles. The molecule has 0 aromatic carbocycles. The molecule has 1 fully saturated rings. The maximum atomic E-state index is 11.3. The lowest BCUT2D eigenvalue weighted by molar-refractivity contribution is -0.120. The summed E-state index contributed by atoms with van der Waals surface area (Å²) in [4.78, 5) is 15.5. The minimum Gasteiger partial charge on any atom is -0.355 e. The van der Waals surface area contributed by atoms with E-state index in [1.165, 1.54) is 0 Å². The van der Waals surface area contributed by atoms with E-state index in [2.05, 4.69) is 26.2 Å². The highest BCUT2D eigenvalue weighted by Crippen LogP contribution is 2.23. The average molecular weight is 241 g/mol. The average Bonchev–Trinajstić information content (AvgIpc) is 2.51. The van der Waals surface area contributed by atoms with Crippen molar-refractivity contribution < 1.29 is 4.79 Å². The molecular formula is C9H9BrN2O. The Morgan fingerprint density at radius 2 is 2.46 bits per heavy atom. The predicted molar refractivity (Wildman–Crippen MR) is 52.3 cm³/mol. The quantitative estimate of drug-likeness (QED) is 0.808. The SMILES string of the molecule is O=C1NCCC1c1cc(Br)ccn1. The maximum Gasteiger partial charge on any atom is 0.229 e. The van der Waals surface area contributed by atoms with Gasteiger partial charge in [0, 0.05) is 17.2 Å². The molecule has 0 bridgehead atoms. The highest BCUT2D eigenvalue weighted by atomic mass is 79.9. The Labute approximate surface area is 84.7 Å². The molecule has 1 aliphatic rings. The number of rotatable bonds is 1. The van der Waals surface area contributed by atoms with Gasteiger partial charge in [0.2, 0.25) is 5.91 Å². The molecule has 1 aromatic heterocycles. The fourth-order valence-corrected chi connectivity index (χ4v) is 1.84. The number of pyridine rings is 1. The van der Waals surface area contributed by atoms with Crippen molar-refractivity contribution in [3.05, 3.63) is 28.5 Å². The molecular weight excluding hydrogens is 232 g/mol. The second kappa shape index (κ2) is 3.46. The number of hydrogen-bond acceptors (Lipinski definition) is 2. The predicted octanol–water partition coefficient (Wildman–Crippen LogP) is 1.45. The van der Waals surface area contributed by atoms with Gasteiger partial charge >= 0.3 is 0 Å². The van der Waals surface area contributed by atoms with E-state index in [4.69, 9.17) is 0 Å². The molecule has 0 radical (unpaired) electrons. The van der Waals surface area contributed by atoms with E-state index in [0.29, 0.717) is 0 Å². The lowest BCUT2D eigenvalue weighted by Crippen LogP contribution is -2.18. The number of hydrogen-bond donors (Lipinski definition) is 1. The van der Waals surface area contributed by atoms with Gasteiger partial charge in [0.15, 0.2) is 0 Å². The van der Waals surface area contributed by atoms with Crippen LogP contribution in [0.3, 0.4) is 0 Å². The van der Waals surface area contributed by atoms with Crippen LogP contribution in [0.1, 0.15) is 18.0 Å². The van der Waals surface area contributed by atoms with Crippen LogP contribution in [0.4, 0.5) is 0 Å². The summed E-state index contributed by atoms with van der Waals surface area (Å²) in [6.45, 7) is 0.762. The van der Waals surface area contributed by atoms with E-state index in [-0.39, 0.29) is 11.8 Å². The summed E-state index contributed by atoms with van der Waals surface area (Å²) in [5.74, 6) is 0.0306. The molecule has 3 nitrogen and oxygen atoms in total. The van der Waals surface area contributed by atoms with Gasteiger partial charge in [-0.15, -0.1) is 0 Å². The van der Waals surface area contributed by atoms with Crippen molar-refractivity contribution in [3.63, 3.8) is 0 Å². The maximum absolute atomic E-state index is 11.3. The number of halogens is 1. The molecule has 1 atom stereocenters. The van der Waals surface area contributed by atoms with E-state index in [1.54, 1.807) is 6.20 Å².